The van der Waals surface area contributed by atoms with Crippen molar-refractivity contribution in [1.82, 2.24) is 10.2 Å². The standard InChI is InChI=1S/C14H22N2O4/c1-9(14(19)20-2)15-13(18)10-7-12(17)16(8-10)11-5-3-4-6-11/h9-11H,3-8H2,1-2H3,(H,15,18). The number of ether oxygens (including phenoxy) is 1. The third-order valence-electron chi connectivity index (χ3n) is 4.21. The highest BCUT2D eigenvalue weighted by Crippen LogP contribution is 2.29. The predicted molar refractivity (Wildman–Crippen MR) is 71.7 cm³/mol. The van der Waals surface area contributed by atoms with Crippen molar-refractivity contribution in [2.75, 3.05) is 13.7 Å². The largest absolute Gasteiger partial charge is 0.467 e. The van der Waals surface area contributed by atoms with Crippen LogP contribution in [0.3, 0.4) is 0 Å². The maximum atomic E-state index is 12.1. The van der Waals surface area contributed by atoms with Crippen LogP contribution in [0.25, 0.3) is 0 Å². The molecule has 0 spiro atoms. The molecule has 0 aromatic carbocycles. The molecule has 2 amide bonds. The first kappa shape index (κ1) is 14.8. The van der Waals surface area contributed by atoms with Crippen LogP contribution in [-0.4, -0.2) is 48.4 Å². The fourth-order valence-electron chi connectivity index (χ4n) is 3.04. The van der Waals surface area contributed by atoms with Gasteiger partial charge in [-0.2, -0.15) is 0 Å². The number of hydrogen-bond donors (Lipinski definition) is 1. The molecular weight excluding hydrogens is 260 g/mol. The molecule has 6 heteroatoms. The van der Waals surface area contributed by atoms with E-state index in [0.717, 1.165) is 25.7 Å². The van der Waals surface area contributed by atoms with Gasteiger partial charge in [-0.3, -0.25) is 9.59 Å². The van der Waals surface area contributed by atoms with Crippen LogP contribution in [0.1, 0.15) is 39.0 Å². The van der Waals surface area contributed by atoms with E-state index in [2.05, 4.69) is 10.1 Å². The Morgan fingerprint density at radius 3 is 2.60 bits per heavy atom. The SMILES string of the molecule is COC(=O)C(C)NC(=O)C1CC(=O)N(C2CCCC2)C1. The van der Waals surface area contributed by atoms with Crippen LogP contribution in [0.15, 0.2) is 0 Å². The van der Waals surface area contributed by atoms with Crippen molar-refractivity contribution in [2.24, 2.45) is 5.92 Å². The number of methoxy groups -OCH3 is 1. The van der Waals surface area contributed by atoms with E-state index >= 15 is 0 Å². The van der Waals surface area contributed by atoms with Gasteiger partial charge in [-0.15, -0.1) is 0 Å². The number of hydrogen-bond acceptors (Lipinski definition) is 4. The summed E-state index contributed by atoms with van der Waals surface area (Å²) in [5.41, 5.74) is 0. The highest BCUT2D eigenvalue weighted by atomic mass is 16.5. The summed E-state index contributed by atoms with van der Waals surface area (Å²) < 4.78 is 4.57. The minimum atomic E-state index is -0.678. The Kier molecular flexibility index (Phi) is 4.62. The summed E-state index contributed by atoms with van der Waals surface area (Å²) in [6.07, 6.45) is 4.64. The summed E-state index contributed by atoms with van der Waals surface area (Å²) in [6.45, 7) is 2.05. The summed E-state index contributed by atoms with van der Waals surface area (Å²) in [5.74, 6) is -1.01. The maximum absolute atomic E-state index is 12.1. The van der Waals surface area contributed by atoms with Gasteiger partial charge in [-0.1, -0.05) is 12.8 Å². The number of amides is 2. The number of nitrogens with zero attached hydrogens (tertiary/aromatic N) is 1. The van der Waals surface area contributed by atoms with Gasteiger partial charge in [-0.25, -0.2) is 4.79 Å². The summed E-state index contributed by atoms with van der Waals surface area (Å²) in [7, 11) is 1.28. The molecule has 6 nitrogen and oxygen atoms in total. The molecule has 1 aliphatic carbocycles. The lowest BCUT2D eigenvalue weighted by Crippen LogP contribution is -2.43. The van der Waals surface area contributed by atoms with Gasteiger partial charge in [0.15, 0.2) is 0 Å². The normalized spacial score (nSPS) is 24.8. The second-order valence-corrected chi connectivity index (χ2v) is 5.64. The predicted octanol–water partition coefficient (Wildman–Crippen LogP) is 0.455. The average molecular weight is 282 g/mol. The molecule has 0 bridgehead atoms. The molecule has 0 aromatic heterocycles. The third-order valence-corrected chi connectivity index (χ3v) is 4.21. The van der Waals surface area contributed by atoms with E-state index in [9.17, 15) is 14.4 Å². The lowest BCUT2D eigenvalue weighted by molar-refractivity contribution is -0.145. The highest BCUT2D eigenvalue weighted by molar-refractivity contribution is 5.91. The Morgan fingerprint density at radius 2 is 2.00 bits per heavy atom. The molecule has 2 aliphatic rings. The van der Waals surface area contributed by atoms with Crippen LogP contribution >= 0.6 is 0 Å². The van der Waals surface area contributed by atoms with Gasteiger partial charge in [0.05, 0.1) is 13.0 Å². The van der Waals surface area contributed by atoms with Crippen LogP contribution in [0.2, 0.25) is 0 Å². The summed E-state index contributed by atoms with van der Waals surface area (Å²) in [5, 5.41) is 2.61. The zero-order chi connectivity index (χ0) is 14.7. The van der Waals surface area contributed by atoms with E-state index < -0.39 is 12.0 Å². The molecule has 1 saturated heterocycles. The van der Waals surface area contributed by atoms with Crippen LogP contribution in [0, 0.1) is 5.92 Å². The van der Waals surface area contributed by atoms with Crippen molar-refractivity contribution in [2.45, 2.75) is 51.1 Å². The molecule has 2 atom stereocenters. The summed E-state index contributed by atoms with van der Waals surface area (Å²) in [6, 6.07) is -0.374. The van der Waals surface area contributed by atoms with Gasteiger partial charge in [-0.05, 0) is 19.8 Å². The Morgan fingerprint density at radius 1 is 1.35 bits per heavy atom. The number of rotatable bonds is 4. The Balaban J connectivity index is 1.89. The molecule has 2 unspecified atom stereocenters. The quantitative estimate of drug-likeness (QED) is 0.760. The zero-order valence-electron chi connectivity index (χ0n) is 12.1. The van der Waals surface area contributed by atoms with Gasteiger partial charge in [0.1, 0.15) is 6.04 Å². The smallest absolute Gasteiger partial charge is 0.328 e. The van der Waals surface area contributed by atoms with E-state index in [1.165, 1.54) is 7.11 Å². The molecule has 0 aromatic rings. The highest BCUT2D eigenvalue weighted by Gasteiger charge is 2.39. The van der Waals surface area contributed by atoms with Crippen molar-refractivity contribution in [3.63, 3.8) is 0 Å². The van der Waals surface area contributed by atoms with Gasteiger partial charge < -0.3 is 15.0 Å². The van der Waals surface area contributed by atoms with E-state index in [0.29, 0.717) is 12.6 Å². The van der Waals surface area contributed by atoms with Gasteiger partial charge >= 0.3 is 5.97 Å². The molecule has 0 radical (unpaired) electrons. The maximum Gasteiger partial charge on any atom is 0.328 e. The molecule has 1 saturated carbocycles. The number of carbonyl (C=O) groups is 3. The lowest BCUT2D eigenvalue weighted by atomic mass is 10.1. The Bertz CT molecular complexity index is 404. The van der Waals surface area contributed by atoms with Crippen LogP contribution in [-0.2, 0) is 19.1 Å². The molecule has 20 heavy (non-hydrogen) atoms. The van der Waals surface area contributed by atoms with Crippen molar-refractivity contribution >= 4 is 17.8 Å². The summed E-state index contributed by atoms with van der Waals surface area (Å²) in [4.78, 5) is 37.2. The fourth-order valence-corrected chi connectivity index (χ4v) is 3.04. The second kappa shape index (κ2) is 6.24. The monoisotopic (exact) mass is 282 g/mol. The summed E-state index contributed by atoms with van der Waals surface area (Å²) >= 11 is 0. The van der Waals surface area contributed by atoms with Crippen molar-refractivity contribution < 1.29 is 19.1 Å². The number of carbonyl (C=O) groups excluding carboxylic acids is 3. The van der Waals surface area contributed by atoms with Gasteiger partial charge in [0.2, 0.25) is 11.8 Å². The second-order valence-electron chi connectivity index (χ2n) is 5.64. The first-order valence-corrected chi connectivity index (χ1v) is 7.20. The van der Waals surface area contributed by atoms with E-state index in [4.69, 9.17) is 0 Å². The minimum Gasteiger partial charge on any atom is -0.467 e. The number of esters is 1. The van der Waals surface area contributed by atoms with Gasteiger partial charge in [0.25, 0.3) is 0 Å². The van der Waals surface area contributed by atoms with Crippen molar-refractivity contribution in [1.29, 1.82) is 0 Å². The minimum absolute atomic E-state index is 0.0581. The van der Waals surface area contributed by atoms with Crippen molar-refractivity contribution in [3.05, 3.63) is 0 Å². The molecule has 1 aliphatic heterocycles. The molecule has 2 fully saturated rings. The van der Waals surface area contributed by atoms with Crippen LogP contribution in [0.4, 0.5) is 0 Å². The topological polar surface area (TPSA) is 75.7 Å². The number of likely N-dealkylation sites (tertiary alicyclic amines) is 1. The molecule has 112 valence electrons. The van der Waals surface area contributed by atoms with E-state index in [-0.39, 0.29) is 24.2 Å². The average Bonchev–Trinajstić information content (AvgIpc) is 3.06. The van der Waals surface area contributed by atoms with Crippen LogP contribution < -0.4 is 5.32 Å². The third kappa shape index (κ3) is 3.11. The fraction of sp³-hybridized carbons (Fsp3) is 0.786. The Hall–Kier alpha value is -1.59. The molecular formula is C14H22N2O4. The first-order chi connectivity index (χ1) is 9.52. The molecule has 2 rings (SSSR count). The Labute approximate surface area is 118 Å². The molecule has 1 heterocycles. The van der Waals surface area contributed by atoms with E-state index in [1.54, 1.807) is 6.92 Å². The first-order valence-electron chi connectivity index (χ1n) is 7.20. The number of nitrogens with one attached hydrogen (secondary N) is 1. The van der Waals surface area contributed by atoms with Gasteiger partial charge in [0, 0.05) is 19.0 Å². The van der Waals surface area contributed by atoms with E-state index in [1.807, 2.05) is 4.90 Å². The lowest BCUT2D eigenvalue weighted by Gasteiger charge is -2.24. The van der Waals surface area contributed by atoms with Crippen molar-refractivity contribution in [3.8, 4) is 0 Å². The molecule has 1 N–H and O–H groups in total. The zero-order valence-corrected chi connectivity index (χ0v) is 12.1. The van der Waals surface area contributed by atoms with Crippen LogP contribution in [0.5, 0.6) is 0 Å².